The van der Waals surface area contributed by atoms with Crippen LogP contribution in [0, 0.1) is 18.3 Å². The van der Waals surface area contributed by atoms with E-state index in [9.17, 15) is 0 Å². The Balaban J connectivity index is 1.78. The van der Waals surface area contributed by atoms with E-state index in [0.717, 1.165) is 10.6 Å². The van der Waals surface area contributed by atoms with Crippen molar-refractivity contribution < 1.29 is 4.52 Å². The Labute approximate surface area is 138 Å². The van der Waals surface area contributed by atoms with Crippen LogP contribution in [0.15, 0.2) is 46.3 Å². The van der Waals surface area contributed by atoms with E-state index < -0.39 is 0 Å². The summed E-state index contributed by atoms with van der Waals surface area (Å²) in [6.07, 6.45) is 0.444. The summed E-state index contributed by atoms with van der Waals surface area (Å²) in [6, 6.07) is 14.3. The highest BCUT2D eigenvalue weighted by atomic mass is 32.1. The first-order valence-corrected chi connectivity index (χ1v) is 8.19. The zero-order valence-electron chi connectivity index (χ0n) is 12.8. The summed E-state index contributed by atoms with van der Waals surface area (Å²) in [5.74, 6) is 1.16. The maximum Gasteiger partial charge on any atom is 0.246 e. The van der Waals surface area contributed by atoms with Crippen molar-refractivity contribution in [2.45, 2.75) is 19.9 Å². The van der Waals surface area contributed by atoms with Crippen LogP contribution in [0.4, 0.5) is 5.69 Å². The number of nitriles is 1. The minimum absolute atomic E-state index is 0.444. The summed E-state index contributed by atoms with van der Waals surface area (Å²) >= 11 is 1.58. The van der Waals surface area contributed by atoms with Gasteiger partial charge in [-0.3, -0.25) is 0 Å². The molecule has 5 nitrogen and oxygen atoms in total. The molecule has 0 aliphatic carbocycles. The summed E-state index contributed by atoms with van der Waals surface area (Å²) in [5.41, 5.74) is 2.24. The van der Waals surface area contributed by atoms with E-state index in [2.05, 4.69) is 40.2 Å². The van der Waals surface area contributed by atoms with Crippen LogP contribution in [0.5, 0.6) is 0 Å². The van der Waals surface area contributed by atoms with Crippen LogP contribution in [-0.2, 0) is 6.54 Å². The fraction of sp³-hybridized carbons (Fsp3) is 0.235. The van der Waals surface area contributed by atoms with Crippen LogP contribution in [-0.4, -0.2) is 16.7 Å². The van der Waals surface area contributed by atoms with Gasteiger partial charge in [0.2, 0.25) is 11.7 Å². The van der Waals surface area contributed by atoms with Crippen molar-refractivity contribution in [2.24, 2.45) is 0 Å². The maximum atomic E-state index is 8.87. The SMILES string of the molecule is Cc1ccc(N(CCC#N)Cc2nc(-c3cccs3)no2)cc1. The second-order valence-electron chi connectivity index (χ2n) is 5.15. The topological polar surface area (TPSA) is 66.0 Å². The number of anilines is 1. The van der Waals surface area contributed by atoms with Gasteiger partial charge in [-0.1, -0.05) is 28.9 Å². The maximum absolute atomic E-state index is 8.87. The lowest BCUT2D eigenvalue weighted by Crippen LogP contribution is -2.23. The summed E-state index contributed by atoms with van der Waals surface area (Å²) in [4.78, 5) is 7.51. The van der Waals surface area contributed by atoms with Crippen molar-refractivity contribution >= 4 is 17.0 Å². The fourth-order valence-corrected chi connectivity index (χ4v) is 2.88. The normalized spacial score (nSPS) is 10.4. The lowest BCUT2D eigenvalue weighted by atomic mass is 10.2. The van der Waals surface area contributed by atoms with E-state index >= 15 is 0 Å². The minimum Gasteiger partial charge on any atom is -0.361 e. The Bertz CT molecular complexity index is 787. The third kappa shape index (κ3) is 3.76. The van der Waals surface area contributed by atoms with Crippen LogP contribution >= 0.6 is 11.3 Å². The number of aromatic nitrogens is 2. The number of hydrogen-bond donors (Lipinski definition) is 0. The van der Waals surface area contributed by atoms with E-state index in [4.69, 9.17) is 9.78 Å². The number of rotatable bonds is 6. The van der Waals surface area contributed by atoms with E-state index in [1.807, 2.05) is 29.6 Å². The molecule has 2 heterocycles. The molecule has 0 aliphatic heterocycles. The van der Waals surface area contributed by atoms with Crippen molar-refractivity contribution in [2.75, 3.05) is 11.4 Å². The van der Waals surface area contributed by atoms with Gasteiger partial charge < -0.3 is 9.42 Å². The zero-order chi connectivity index (χ0) is 16.1. The lowest BCUT2D eigenvalue weighted by molar-refractivity contribution is 0.377. The summed E-state index contributed by atoms with van der Waals surface area (Å²) in [7, 11) is 0. The molecule has 23 heavy (non-hydrogen) atoms. The molecule has 0 unspecified atom stereocenters. The molecule has 0 N–H and O–H groups in total. The highest BCUT2D eigenvalue weighted by molar-refractivity contribution is 7.13. The Kier molecular flexibility index (Phi) is 4.69. The molecule has 0 radical (unpaired) electrons. The largest absolute Gasteiger partial charge is 0.361 e. The minimum atomic E-state index is 0.444. The van der Waals surface area contributed by atoms with Crippen LogP contribution < -0.4 is 4.90 Å². The average Bonchev–Trinajstić information content (AvgIpc) is 3.23. The number of aryl methyl sites for hydroxylation is 1. The third-order valence-corrected chi connectivity index (χ3v) is 4.29. The van der Waals surface area contributed by atoms with Crippen LogP contribution in [0.1, 0.15) is 17.9 Å². The first-order valence-electron chi connectivity index (χ1n) is 7.31. The lowest BCUT2D eigenvalue weighted by Gasteiger charge is -2.22. The summed E-state index contributed by atoms with van der Waals surface area (Å²) in [5, 5.41) is 14.9. The smallest absolute Gasteiger partial charge is 0.246 e. The van der Waals surface area contributed by atoms with Gasteiger partial charge in [0, 0.05) is 12.2 Å². The Morgan fingerprint density at radius 2 is 2.09 bits per heavy atom. The Morgan fingerprint density at radius 3 is 2.78 bits per heavy atom. The molecule has 6 heteroatoms. The van der Waals surface area contributed by atoms with Gasteiger partial charge in [0.1, 0.15) is 0 Å². The molecule has 3 rings (SSSR count). The van der Waals surface area contributed by atoms with E-state index in [1.54, 1.807) is 11.3 Å². The van der Waals surface area contributed by atoms with E-state index in [0.29, 0.717) is 31.2 Å². The summed E-state index contributed by atoms with van der Waals surface area (Å²) in [6.45, 7) is 3.16. The third-order valence-electron chi connectivity index (χ3n) is 3.43. The van der Waals surface area contributed by atoms with Crippen molar-refractivity contribution in [1.29, 1.82) is 5.26 Å². The van der Waals surface area contributed by atoms with Crippen molar-refractivity contribution in [1.82, 2.24) is 10.1 Å². The molecule has 0 saturated carbocycles. The molecule has 0 fully saturated rings. The molecule has 3 aromatic rings. The van der Waals surface area contributed by atoms with E-state index in [1.165, 1.54) is 5.56 Å². The highest BCUT2D eigenvalue weighted by Crippen LogP contribution is 2.23. The van der Waals surface area contributed by atoms with Crippen molar-refractivity contribution in [3.8, 4) is 16.8 Å². The van der Waals surface area contributed by atoms with Gasteiger partial charge in [0.25, 0.3) is 0 Å². The van der Waals surface area contributed by atoms with Gasteiger partial charge in [-0.15, -0.1) is 11.3 Å². The molecule has 2 aromatic heterocycles. The number of benzene rings is 1. The Morgan fingerprint density at radius 1 is 1.26 bits per heavy atom. The van der Waals surface area contributed by atoms with Crippen molar-refractivity contribution in [3.05, 3.63) is 53.2 Å². The standard InChI is InChI=1S/C17H16N4OS/c1-13-5-7-14(8-6-13)21(10-3-9-18)12-16-19-17(20-22-16)15-4-2-11-23-15/h2,4-8,11H,3,10,12H2,1H3. The number of hydrogen-bond acceptors (Lipinski definition) is 6. The molecular formula is C17H16N4OS. The molecule has 0 aliphatic rings. The molecule has 116 valence electrons. The van der Waals surface area contributed by atoms with Gasteiger partial charge in [0.15, 0.2) is 0 Å². The average molecular weight is 324 g/mol. The predicted octanol–water partition coefficient (Wildman–Crippen LogP) is 4.03. The second kappa shape index (κ2) is 7.07. The molecule has 0 bridgehead atoms. The highest BCUT2D eigenvalue weighted by Gasteiger charge is 2.14. The monoisotopic (exact) mass is 324 g/mol. The van der Waals surface area contributed by atoms with Gasteiger partial charge in [0.05, 0.1) is 23.9 Å². The van der Waals surface area contributed by atoms with Gasteiger partial charge in [-0.05, 0) is 30.5 Å². The zero-order valence-corrected chi connectivity index (χ0v) is 13.6. The van der Waals surface area contributed by atoms with Crippen LogP contribution in [0.2, 0.25) is 0 Å². The first kappa shape index (κ1) is 15.3. The fourth-order valence-electron chi connectivity index (χ4n) is 2.23. The van der Waals surface area contributed by atoms with Crippen LogP contribution in [0.3, 0.4) is 0 Å². The van der Waals surface area contributed by atoms with Crippen LogP contribution in [0.25, 0.3) is 10.7 Å². The summed E-state index contributed by atoms with van der Waals surface area (Å²) < 4.78 is 5.37. The predicted molar refractivity (Wildman–Crippen MR) is 90.1 cm³/mol. The molecule has 1 aromatic carbocycles. The number of nitrogens with zero attached hydrogens (tertiary/aromatic N) is 4. The molecule has 0 atom stereocenters. The molecular weight excluding hydrogens is 308 g/mol. The Hall–Kier alpha value is -2.65. The van der Waals surface area contributed by atoms with Gasteiger partial charge >= 0.3 is 0 Å². The van der Waals surface area contributed by atoms with Gasteiger partial charge in [-0.2, -0.15) is 10.2 Å². The van der Waals surface area contributed by atoms with Crippen molar-refractivity contribution in [3.63, 3.8) is 0 Å². The first-order chi connectivity index (χ1) is 11.3. The van der Waals surface area contributed by atoms with E-state index in [-0.39, 0.29) is 0 Å². The molecule has 0 amide bonds. The second-order valence-corrected chi connectivity index (χ2v) is 6.10. The molecule has 0 saturated heterocycles. The quantitative estimate of drug-likeness (QED) is 0.685. The number of thiophene rings is 1. The molecule has 0 spiro atoms. The van der Waals surface area contributed by atoms with Gasteiger partial charge in [-0.25, -0.2) is 0 Å².